The second-order valence-electron chi connectivity index (χ2n) is 3.69. The zero-order valence-electron chi connectivity index (χ0n) is 8.22. The summed E-state index contributed by atoms with van der Waals surface area (Å²) in [4.78, 5) is 0. The number of nitrogens with one attached hydrogen (secondary N) is 1. The van der Waals surface area contributed by atoms with E-state index in [-0.39, 0.29) is 0 Å². The molecule has 2 nitrogen and oxygen atoms in total. The van der Waals surface area contributed by atoms with Crippen molar-refractivity contribution in [1.29, 1.82) is 0 Å². The SMILES string of the molecule is Cc1cc(Cl)ccc1CNC1COC1. The Bertz CT molecular complexity index is 323. The van der Waals surface area contributed by atoms with Gasteiger partial charge < -0.3 is 10.1 Å². The van der Waals surface area contributed by atoms with E-state index in [2.05, 4.69) is 18.3 Å². The molecule has 0 aromatic heterocycles. The van der Waals surface area contributed by atoms with Gasteiger partial charge in [0.25, 0.3) is 0 Å². The summed E-state index contributed by atoms with van der Waals surface area (Å²) in [6, 6.07) is 6.54. The molecule has 0 bridgehead atoms. The fourth-order valence-corrected chi connectivity index (χ4v) is 1.69. The molecule has 0 saturated carbocycles. The van der Waals surface area contributed by atoms with Crippen LogP contribution in [-0.4, -0.2) is 19.3 Å². The fraction of sp³-hybridized carbons (Fsp3) is 0.455. The lowest BCUT2D eigenvalue weighted by atomic mass is 10.1. The van der Waals surface area contributed by atoms with Crippen molar-refractivity contribution in [2.24, 2.45) is 0 Å². The van der Waals surface area contributed by atoms with Gasteiger partial charge in [-0.15, -0.1) is 0 Å². The van der Waals surface area contributed by atoms with Crippen LogP contribution in [0.3, 0.4) is 0 Å². The summed E-state index contributed by atoms with van der Waals surface area (Å²) in [6.45, 7) is 4.66. The highest BCUT2D eigenvalue weighted by Gasteiger charge is 2.17. The van der Waals surface area contributed by atoms with Gasteiger partial charge in [0.05, 0.1) is 19.3 Å². The van der Waals surface area contributed by atoms with E-state index in [4.69, 9.17) is 16.3 Å². The van der Waals surface area contributed by atoms with Gasteiger partial charge in [-0.3, -0.25) is 0 Å². The average molecular weight is 212 g/mol. The van der Waals surface area contributed by atoms with Crippen LogP contribution in [-0.2, 0) is 11.3 Å². The largest absolute Gasteiger partial charge is 0.378 e. The van der Waals surface area contributed by atoms with Gasteiger partial charge in [-0.05, 0) is 30.2 Å². The first-order valence-corrected chi connectivity index (χ1v) is 5.19. The third-order valence-electron chi connectivity index (χ3n) is 2.52. The van der Waals surface area contributed by atoms with Crippen LogP contribution < -0.4 is 5.32 Å². The molecular formula is C11H14ClNO. The summed E-state index contributed by atoms with van der Waals surface area (Å²) in [6.07, 6.45) is 0. The van der Waals surface area contributed by atoms with Crippen LogP contribution >= 0.6 is 11.6 Å². The Labute approximate surface area is 89.2 Å². The number of benzene rings is 1. The van der Waals surface area contributed by atoms with Crippen molar-refractivity contribution in [1.82, 2.24) is 5.32 Å². The number of hydrogen-bond acceptors (Lipinski definition) is 2. The summed E-state index contributed by atoms with van der Waals surface area (Å²) in [5.74, 6) is 0. The van der Waals surface area contributed by atoms with Crippen molar-refractivity contribution in [2.45, 2.75) is 19.5 Å². The van der Waals surface area contributed by atoms with Crippen molar-refractivity contribution in [3.63, 3.8) is 0 Å². The lowest BCUT2D eigenvalue weighted by molar-refractivity contribution is -0.00580. The standard InChI is InChI=1S/C11H14ClNO/c1-8-4-10(12)3-2-9(8)5-13-11-6-14-7-11/h2-4,11,13H,5-7H2,1H3. The number of rotatable bonds is 3. The molecule has 1 aliphatic rings. The van der Waals surface area contributed by atoms with Crippen molar-refractivity contribution in [3.8, 4) is 0 Å². The number of halogens is 1. The Morgan fingerprint density at radius 1 is 1.50 bits per heavy atom. The normalized spacial score (nSPS) is 16.7. The molecule has 0 radical (unpaired) electrons. The smallest absolute Gasteiger partial charge is 0.0643 e. The minimum atomic E-state index is 0.532. The minimum absolute atomic E-state index is 0.532. The molecule has 76 valence electrons. The molecule has 1 heterocycles. The van der Waals surface area contributed by atoms with Gasteiger partial charge >= 0.3 is 0 Å². The molecule has 1 N–H and O–H groups in total. The van der Waals surface area contributed by atoms with E-state index >= 15 is 0 Å². The minimum Gasteiger partial charge on any atom is -0.378 e. The van der Waals surface area contributed by atoms with Crippen molar-refractivity contribution < 1.29 is 4.74 Å². The monoisotopic (exact) mass is 211 g/mol. The first-order chi connectivity index (χ1) is 6.75. The zero-order valence-corrected chi connectivity index (χ0v) is 8.97. The van der Waals surface area contributed by atoms with Crippen molar-refractivity contribution >= 4 is 11.6 Å². The molecule has 3 heteroatoms. The van der Waals surface area contributed by atoms with Crippen LogP contribution in [0.15, 0.2) is 18.2 Å². The summed E-state index contributed by atoms with van der Waals surface area (Å²) >= 11 is 5.88. The Morgan fingerprint density at radius 3 is 2.86 bits per heavy atom. The molecule has 0 spiro atoms. The molecule has 0 atom stereocenters. The Morgan fingerprint density at radius 2 is 2.29 bits per heavy atom. The van der Waals surface area contributed by atoms with E-state index in [0.29, 0.717) is 6.04 Å². The van der Waals surface area contributed by atoms with Gasteiger partial charge in [-0.1, -0.05) is 17.7 Å². The molecule has 14 heavy (non-hydrogen) atoms. The van der Waals surface area contributed by atoms with E-state index in [1.54, 1.807) is 0 Å². The van der Waals surface area contributed by atoms with E-state index in [9.17, 15) is 0 Å². The van der Waals surface area contributed by atoms with E-state index in [1.165, 1.54) is 11.1 Å². The average Bonchev–Trinajstić information content (AvgIpc) is 2.05. The highest BCUT2D eigenvalue weighted by molar-refractivity contribution is 6.30. The third kappa shape index (κ3) is 2.27. The van der Waals surface area contributed by atoms with Gasteiger partial charge in [0.15, 0.2) is 0 Å². The quantitative estimate of drug-likeness (QED) is 0.827. The first-order valence-electron chi connectivity index (χ1n) is 4.82. The van der Waals surface area contributed by atoms with E-state index in [0.717, 1.165) is 24.8 Å². The molecule has 1 aromatic carbocycles. The summed E-state index contributed by atoms with van der Waals surface area (Å²) < 4.78 is 5.09. The first kappa shape index (κ1) is 9.97. The van der Waals surface area contributed by atoms with Crippen LogP contribution in [0.5, 0.6) is 0 Å². The Balaban J connectivity index is 1.94. The third-order valence-corrected chi connectivity index (χ3v) is 2.76. The molecule has 1 aliphatic heterocycles. The maximum absolute atomic E-state index is 5.88. The van der Waals surface area contributed by atoms with Gasteiger partial charge in [0.2, 0.25) is 0 Å². The molecule has 2 rings (SSSR count). The highest BCUT2D eigenvalue weighted by Crippen LogP contribution is 2.15. The lowest BCUT2D eigenvalue weighted by Crippen LogP contribution is -2.45. The Kier molecular flexibility index (Phi) is 3.06. The molecular weight excluding hydrogens is 198 g/mol. The molecule has 0 amide bonds. The predicted molar refractivity (Wildman–Crippen MR) is 57.6 cm³/mol. The summed E-state index contributed by atoms with van der Waals surface area (Å²) in [5.41, 5.74) is 2.55. The van der Waals surface area contributed by atoms with Crippen LogP contribution in [0.1, 0.15) is 11.1 Å². The van der Waals surface area contributed by atoms with E-state index in [1.807, 2.05) is 12.1 Å². The molecule has 0 unspecified atom stereocenters. The van der Waals surface area contributed by atoms with Gasteiger partial charge in [0.1, 0.15) is 0 Å². The number of hydrogen-bond donors (Lipinski definition) is 1. The molecule has 0 aliphatic carbocycles. The Hall–Kier alpha value is -0.570. The fourth-order valence-electron chi connectivity index (χ4n) is 1.47. The van der Waals surface area contributed by atoms with Crippen molar-refractivity contribution in [3.05, 3.63) is 34.3 Å². The van der Waals surface area contributed by atoms with Gasteiger partial charge in [-0.2, -0.15) is 0 Å². The van der Waals surface area contributed by atoms with Gasteiger partial charge in [0, 0.05) is 11.6 Å². The maximum Gasteiger partial charge on any atom is 0.0643 e. The summed E-state index contributed by atoms with van der Waals surface area (Å²) in [5, 5.41) is 4.23. The molecule has 1 saturated heterocycles. The van der Waals surface area contributed by atoms with Crippen LogP contribution in [0.2, 0.25) is 5.02 Å². The molecule has 1 fully saturated rings. The molecule has 1 aromatic rings. The highest BCUT2D eigenvalue weighted by atomic mass is 35.5. The predicted octanol–water partition coefficient (Wildman–Crippen LogP) is 2.14. The van der Waals surface area contributed by atoms with Gasteiger partial charge in [-0.25, -0.2) is 0 Å². The van der Waals surface area contributed by atoms with Crippen LogP contribution in [0.25, 0.3) is 0 Å². The number of aryl methyl sites for hydroxylation is 1. The lowest BCUT2D eigenvalue weighted by Gasteiger charge is -2.27. The van der Waals surface area contributed by atoms with Crippen LogP contribution in [0, 0.1) is 6.92 Å². The summed E-state index contributed by atoms with van der Waals surface area (Å²) in [7, 11) is 0. The number of ether oxygens (including phenoxy) is 1. The second kappa shape index (κ2) is 4.30. The zero-order chi connectivity index (χ0) is 9.97. The van der Waals surface area contributed by atoms with Crippen molar-refractivity contribution in [2.75, 3.05) is 13.2 Å². The van der Waals surface area contributed by atoms with E-state index < -0.39 is 0 Å². The maximum atomic E-state index is 5.88. The second-order valence-corrected chi connectivity index (χ2v) is 4.12. The van der Waals surface area contributed by atoms with Crippen LogP contribution in [0.4, 0.5) is 0 Å². The topological polar surface area (TPSA) is 21.3 Å².